The minimum atomic E-state index is -0.312. The normalized spacial score (nSPS) is 15.4. The van der Waals surface area contributed by atoms with Gasteiger partial charge in [-0.1, -0.05) is 30.3 Å². The van der Waals surface area contributed by atoms with Crippen LogP contribution in [0.15, 0.2) is 72.9 Å². The molecule has 0 bridgehead atoms. The number of para-hydroxylation sites is 1. The standard InChI is InChI=1S/C26H22N4O2/c31-17-7-8-18-20(12-17)25(30-26(18)32)24-19-3-1-2-4-21(19)29-23(24)14-27-13-15-5-6-16-9-10-28-22(16)11-15/h1-12,25,27-29,31H,13-14H2,(H,30,32). The number of rotatable bonds is 5. The van der Waals surface area contributed by atoms with E-state index in [1.54, 1.807) is 18.2 Å². The summed E-state index contributed by atoms with van der Waals surface area (Å²) in [6.07, 6.45) is 1.95. The van der Waals surface area contributed by atoms with Crippen LogP contribution in [-0.2, 0) is 13.1 Å². The number of hydrogen-bond donors (Lipinski definition) is 5. The SMILES string of the molecule is O=C1NC(c2c(CNCc3ccc4cc[nH]c4c3)[nH]c3ccccc23)c2cc(O)ccc21. The van der Waals surface area contributed by atoms with Gasteiger partial charge in [0.05, 0.1) is 6.04 Å². The Bertz CT molecular complexity index is 1480. The number of carbonyl (C=O) groups excluding carboxylic acids is 1. The predicted molar refractivity (Wildman–Crippen MR) is 125 cm³/mol. The molecule has 6 rings (SSSR count). The van der Waals surface area contributed by atoms with Crippen molar-refractivity contribution >= 4 is 27.7 Å². The maximum atomic E-state index is 12.6. The number of amides is 1. The van der Waals surface area contributed by atoms with E-state index in [2.05, 4.69) is 50.9 Å². The Labute approximate surface area is 184 Å². The highest BCUT2D eigenvalue weighted by Crippen LogP contribution is 2.38. The van der Waals surface area contributed by atoms with Gasteiger partial charge in [0.15, 0.2) is 0 Å². The van der Waals surface area contributed by atoms with Gasteiger partial charge in [0, 0.05) is 52.5 Å². The van der Waals surface area contributed by atoms with Gasteiger partial charge in [-0.05, 0) is 52.9 Å². The quantitative estimate of drug-likeness (QED) is 0.289. The highest BCUT2D eigenvalue weighted by molar-refractivity contribution is 6.01. The minimum absolute atomic E-state index is 0.117. The lowest BCUT2D eigenvalue weighted by atomic mass is 9.95. The fourth-order valence-corrected chi connectivity index (χ4v) is 4.74. The van der Waals surface area contributed by atoms with E-state index in [1.165, 1.54) is 10.9 Å². The number of aromatic nitrogens is 2. The number of phenols is 1. The van der Waals surface area contributed by atoms with Gasteiger partial charge in [-0.2, -0.15) is 0 Å². The molecule has 5 aromatic rings. The summed E-state index contributed by atoms with van der Waals surface area (Å²) >= 11 is 0. The Morgan fingerprint density at radius 2 is 1.84 bits per heavy atom. The molecule has 0 aliphatic carbocycles. The van der Waals surface area contributed by atoms with E-state index in [1.807, 2.05) is 24.4 Å². The fraction of sp³-hybridized carbons (Fsp3) is 0.115. The highest BCUT2D eigenvalue weighted by atomic mass is 16.3. The first-order chi connectivity index (χ1) is 15.7. The average molecular weight is 422 g/mol. The number of phenolic OH excluding ortho intramolecular Hbond substituents is 1. The zero-order valence-corrected chi connectivity index (χ0v) is 17.3. The molecule has 1 aliphatic rings. The number of fused-ring (bicyclic) bond motifs is 3. The van der Waals surface area contributed by atoms with Gasteiger partial charge in [-0.3, -0.25) is 4.79 Å². The Balaban J connectivity index is 1.34. The number of aromatic hydroxyl groups is 1. The van der Waals surface area contributed by atoms with Crippen LogP contribution in [0.1, 0.15) is 38.8 Å². The molecular weight excluding hydrogens is 400 g/mol. The van der Waals surface area contributed by atoms with Crippen LogP contribution in [-0.4, -0.2) is 21.0 Å². The van der Waals surface area contributed by atoms with E-state index in [4.69, 9.17) is 0 Å². The topological polar surface area (TPSA) is 92.9 Å². The van der Waals surface area contributed by atoms with Gasteiger partial charge in [0.25, 0.3) is 5.91 Å². The average Bonchev–Trinajstić information content (AvgIpc) is 3.48. The number of hydrogen-bond acceptors (Lipinski definition) is 3. The molecule has 2 aromatic heterocycles. The summed E-state index contributed by atoms with van der Waals surface area (Å²) in [5, 5.41) is 19.0. The molecular formula is C26H22N4O2. The summed E-state index contributed by atoms with van der Waals surface area (Å²) in [6.45, 7) is 1.34. The lowest BCUT2D eigenvalue weighted by Crippen LogP contribution is -2.22. The van der Waals surface area contributed by atoms with Crippen molar-refractivity contribution in [2.24, 2.45) is 0 Å². The molecule has 158 valence electrons. The Morgan fingerprint density at radius 3 is 2.78 bits per heavy atom. The van der Waals surface area contributed by atoms with Gasteiger partial charge in [0.1, 0.15) is 5.75 Å². The number of carbonyl (C=O) groups is 1. The van der Waals surface area contributed by atoms with Crippen LogP contribution in [0, 0.1) is 0 Å². The predicted octanol–water partition coefficient (Wildman–Crippen LogP) is 4.48. The van der Waals surface area contributed by atoms with Crippen molar-refractivity contribution in [2.75, 3.05) is 0 Å². The Morgan fingerprint density at radius 1 is 0.938 bits per heavy atom. The molecule has 1 atom stereocenters. The van der Waals surface area contributed by atoms with E-state index in [0.29, 0.717) is 12.1 Å². The molecule has 1 aliphatic heterocycles. The molecule has 0 saturated heterocycles. The third-order valence-corrected chi connectivity index (χ3v) is 6.23. The maximum Gasteiger partial charge on any atom is 0.252 e. The second-order valence-corrected chi connectivity index (χ2v) is 8.24. The Hall–Kier alpha value is -4.03. The summed E-state index contributed by atoms with van der Waals surface area (Å²) in [6, 6.07) is 21.2. The summed E-state index contributed by atoms with van der Waals surface area (Å²) in [5.41, 5.74) is 6.81. The van der Waals surface area contributed by atoms with Crippen LogP contribution < -0.4 is 10.6 Å². The number of aromatic amines is 2. The van der Waals surface area contributed by atoms with Crippen molar-refractivity contribution in [3.63, 3.8) is 0 Å². The Kier molecular flexibility index (Phi) is 4.26. The van der Waals surface area contributed by atoms with E-state index in [9.17, 15) is 9.90 Å². The van der Waals surface area contributed by atoms with Crippen LogP contribution in [0.25, 0.3) is 21.8 Å². The first-order valence-corrected chi connectivity index (χ1v) is 10.7. The van der Waals surface area contributed by atoms with E-state index in [-0.39, 0.29) is 17.7 Å². The maximum absolute atomic E-state index is 12.6. The lowest BCUT2D eigenvalue weighted by Gasteiger charge is -2.15. The van der Waals surface area contributed by atoms with Crippen LogP contribution in [0.3, 0.4) is 0 Å². The van der Waals surface area contributed by atoms with Crippen LogP contribution in [0.5, 0.6) is 5.75 Å². The second kappa shape index (κ2) is 7.28. The molecule has 3 heterocycles. The molecule has 1 amide bonds. The van der Waals surface area contributed by atoms with E-state index in [0.717, 1.165) is 39.8 Å². The molecule has 32 heavy (non-hydrogen) atoms. The van der Waals surface area contributed by atoms with Gasteiger partial charge in [-0.25, -0.2) is 0 Å². The second-order valence-electron chi connectivity index (χ2n) is 8.24. The summed E-state index contributed by atoms with van der Waals surface area (Å²) in [5.74, 6) is 0.0397. The lowest BCUT2D eigenvalue weighted by molar-refractivity contribution is 0.0960. The van der Waals surface area contributed by atoms with Crippen molar-refractivity contribution in [3.8, 4) is 5.75 Å². The third kappa shape index (κ3) is 3.04. The first-order valence-electron chi connectivity index (χ1n) is 10.7. The zero-order chi connectivity index (χ0) is 21.7. The molecule has 6 nitrogen and oxygen atoms in total. The molecule has 0 spiro atoms. The third-order valence-electron chi connectivity index (χ3n) is 6.23. The summed E-state index contributed by atoms with van der Waals surface area (Å²) < 4.78 is 0. The molecule has 0 fully saturated rings. The van der Waals surface area contributed by atoms with Crippen molar-refractivity contribution < 1.29 is 9.90 Å². The van der Waals surface area contributed by atoms with Crippen LogP contribution >= 0.6 is 0 Å². The number of benzene rings is 3. The molecule has 3 aromatic carbocycles. The van der Waals surface area contributed by atoms with E-state index >= 15 is 0 Å². The van der Waals surface area contributed by atoms with Crippen LogP contribution in [0.2, 0.25) is 0 Å². The minimum Gasteiger partial charge on any atom is -0.508 e. The van der Waals surface area contributed by atoms with Gasteiger partial charge in [0.2, 0.25) is 0 Å². The van der Waals surface area contributed by atoms with Gasteiger partial charge in [-0.15, -0.1) is 0 Å². The van der Waals surface area contributed by atoms with Gasteiger partial charge >= 0.3 is 0 Å². The summed E-state index contributed by atoms with van der Waals surface area (Å²) in [7, 11) is 0. The summed E-state index contributed by atoms with van der Waals surface area (Å²) in [4.78, 5) is 19.4. The van der Waals surface area contributed by atoms with Crippen molar-refractivity contribution in [3.05, 3.63) is 101 Å². The molecule has 5 N–H and O–H groups in total. The largest absolute Gasteiger partial charge is 0.508 e. The molecule has 0 saturated carbocycles. The van der Waals surface area contributed by atoms with Gasteiger partial charge < -0.3 is 25.7 Å². The van der Waals surface area contributed by atoms with Crippen LogP contribution in [0.4, 0.5) is 0 Å². The molecule has 0 radical (unpaired) electrons. The molecule has 6 heteroatoms. The zero-order valence-electron chi connectivity index (χ0n) is 17.3. The van der Waals surface area contributed by atoms with Crippen molar-refractivity contribution in [2.45, 2.75) is 19.1 Å². The van der Waals surface area contributed by atoms with Crippen molar-refractivity contribution in [1.82, 2.24) is 20.6 Å². The van der Waals surface area contributed by atoms with E-state index < -0.39 is 0 Å². The number of H-pyrrole nitrogens is 2. The van der Waals surface area contributed by atoms with Crippen molar-refractivity contribution in [1.29, 1.82) is 0 Å². The fourth-order valence-electron chi connectivity index (χ4n) is 4.74. The first kappa shape index (κ1) is 18.7. The monoisotopic (exact) mass is 422 g/mol. The highest BCUT2D eigenvalue weighted by Gasteiger charge is 2.33. The molecule has 1 unspecified atom stereocenters. The number of nitrogens with one attached hydrogen (secondary N) is 4. The smallest absolute Gasteiger partial charge is 0.252 e.